The largest absolute Gasteiger partial charge is 0.468 e. The molecule has 6 nitrogen and oxygen atoms in total. The number of methoxy groups -OCH3 is 1. The van der Waals surface area contributed by atoms with Crippen LogP contribution in [0.2, 0.25) is 0 Å². The minimum Gasteiger partial charge on any atom is -0.468 e. The van der Waals surface area contributed by atoms with Crippen LogP contribution < -0.4 is 5.32 Å². The number of hydrogen-bond donors (Lipinski definition) is 1. The minimum atomic E-state index is -0.865. The van der Waals surface area contributed by atoms with Gasteiger partial charge < -0.3 is 14.8 Å². The topological polar surface area (TPSA) is 81.7 Å². The molecule has 0 aromatic carbocycles. The van der Waals surface area contributed by atoms with Crippen LogP contribution >= 0.6 is 11.3 Å². The second-order valence-electron chi connectivity index (χ2n) is 7.20. The third kappa shape index (κ3) is 3.39. The molecule has 0 radical (unpaired) electrons. The molecule has 1 aromatic rings. The van der Waals surface area contributed by atoms with E-state index < -0.39 is 23.8 Å². The fraction of sp³-hybridized carbons (Fsp3) is 0.476. The first-order valence-electron chi connectivity index (χ1n) is 9.36. The van der Waals surface area contributed by atoms with Crippen LogP contribution in [-0.2, 0) is 23.9 Å². The van der Waals surface area contributed by atoms with Crippen molar-refractivity contribution >= 4 is 29.1 Å². The van der Waals surface area contributed by atoms with Crippen molar-refractivity contribution in [2.24, 2.45) is 11.8 Å². The number of ketones is 1. The molecule has 0 spiro atoms. The summed E-state index contributed by atoms with van der Waals surface area (Å²) in [5.74, 6) is -2.85. The van der Waals surface area contributed by atoms with Gasteiger partial charge in [0.1, 0.15) is 5.92 Å². The zero-order valence-electron chi connectivity index (χ0n) is 16.8. The Bertz CT molecular complexity index is 894. The number of carbonyl (C=O) groups excluding carboxylic acids is 3. The number of allylic oxidation sites excluding steroid dienone is 3. The minimum absolute atomic E-state index is 0.186. The van der Waals surface area contributed by atoms with Gasteiger partial charge in [-0.1, -0.05) is 6.92 Å². The quantitative estimate of drug-likeness (QED) is 0.614. The number of carbonyl (C=O) groups is 3. The standard InChI is InChI=1S/C21H25NO5S/c1-6-27-21(25)16-12(4)22-13-9-10(2)15(20(24)26-5)19(23)17(13)18(16)14-8-7-11(3)28-14/h7-8,10,15,18,22H,6,9H2,1-5H3/t10-,15+,18-/m1/s1. The van der Waals surface area contributed by atoms with Gasteiger partial charge in [0, 0.05) is 26.7 Å². The Kier molecular flexibility index (Phi) is 5.74. The third-order valence-electron chi connectivity index (χ3n) is 5.28. The van der Waals surface area contributed by atoms with Crippen LogP contribution in [0.25, 0.3) is 0 Å². The van der Waals surface area contributed by atoms with Crippen molar-refractivity contribution in [3.8, 4) is 0 Å². The van der Waals surface area contributed by atoms with Gasteiger partial charge in [0.25, 0.3) is 0 Å². The first-order valence-corrected chi connectivity index (χ1v) is 10.2. The van der Waals surface area contributed by atoms with Gasteiger partial charge in [0.2, 0.25) is 0 Å². The van der Waals surface area contributed by atoms with Crippen molar-refractivity contribution < 1.29 is 23.9 Å². The number of hydrogen-bond acceptors (Lipinski definition) is 7. The van der Waals surface area contributed by atoms with Crippen LogP contribution in [0.15, 0.2) is 34.7 Å². The molecule has 3 rings (SSSR count). The van der Waals surface area contributed by atoms with Gasteiger partial charge in [-0.05, 0) is 45.2 Å². The SMILES string of the molecule is CCOC(=O)C1=C(C)NC2=C(C(=O)[C@@H](C(=O)OC)[C@H](C)C2)[C@@H]1c1ccc(C)s1. The summed E-state index contributed by atoms with van der Waals surface area (Å²) in [5, 5.41) is 3.24. The zero-order chi connectivity index (χ0) is 20.6. The number of nitrogens with one attached hydrogen (secondary N) is 1. The number of thiophene rings is 1. The molecule has 0 saturated carbocycles. The molecular weight excluding hydrogens is 378 g/mol. The van der Waals surface area contributed by atoms with Gasteiger partial charge in [-0.15, -0.1) is 11.3 Å². The zero-order valence-corrected chi connectivity index (χ0v) is 17.6. The summed E-state index contributed by atoms with van der Waals surface area (Å²) < 4.78 is 10.2. The number of esters is 2. The highest BCUT2D eigenvalue weighted by Gasteiger charge is 2.47. The van der Waals surface area contributed by atoms with E-state index in [0.717, 1.165) is 15.5 Å². The molecule has 0 unspecified atom stereocenters. The Balaban J connectivity index is 2.16. The van der Waals surface area contributed by atoms with Gasteiger partial charge in [-0.25, -0.2) is 4.79 Å². The fourth-order valence-electron chi connectivity index (χ4n) is 4.05. The molecule has 7 heteroatoms. The first kappa shape index (κ1) is 20.3. The summed E-state index contributed by atoms with van der Waals surface area (Å²) in [6.07, 6.45) is 0.537. The Labute approximate surface area is 168 Å². The fourth-order valence-corrected chi connectivity index (χ4v) is 5.05. The van der Waals surface area contributed by atoms with Gasteiger partial charge in [0.15, 0.2) is 5.78 Å². The monoisotopic (exact) mass is 403 g/mol. The second kappa shape index (κ2) is 7.91. The van der Waals surface area contributed by atoms with Gasteiger partial charge in [0.05, 0.1) is 25.2 Å². The van der Waals surface area contributed by atoms with E-state index in [1.165, 1.54) is 18.4 Å². The van der Waals surface area contributed by atoms with Crippen molar-refractivity contribution in [2.75, 3.05) is 13.7 Å². The van der Waals surface area contributed by atoms with E-state index in [0.29, 0.717) is 23.3 Å². The average Bonchev–Trinajstić information content (AvgIpc) is 3.06. The van der Waals surface area contributed by atoms with E-state index in [-0.39, 0.29) is 18.3 Å². The van der Waals surface area contributed by atoms with E-state index in [2.05, 4.69) is 5.32 Å². The molecule has 0 fully saturated rings. The maximum atomic E-state index is 13.4. The summed E-state index contributed by atoms with van der Waals surface area (Å²) in [6.45, 7) is 7.67. The number of rotatable bonds is 4. The lowest BCUT2D eigenvalue weighted by Crippen LogP contribution is -2.43. The molecule has 2 aliphatic rings. The van der Waals surface area contributed by atoms with Crippen LogP contribution in [0.3, 0.4) is 0 Å². The second-order valence-corrected chi connectivity index (χ2v) is 8.52. The van der Waals surface area contributed by atoms with Crippen LogP contribution in [0, 0.1) is 18.8 Å². The molecule has 3 atom stereocenters. The molecule has 1 aliphatic heterocycles. The highest BCUT2D eigenvalue weighted by Crippen LogP contribution is 2.46. The van der Waals surface area contributed by atoms with Gasteiger partial charge >= 0.3 is 11.9 Å². The van der Waals surface area contributed by atoms with Gasteiger partial charge in [-0.2, -0.15) is 0 Å². The van der Waals surface area contributed by atoms with Crippen molar-refractivity contribution in [2.45, 2.75) is 40.0 Å². The molecule has 0 amide bonds. The van der Waals surface area contributed by atoms with Crippen molar-refractivity contribution in [1.29, 1.82) is 0 Å². The molecule has 2 heterocycles. The van der Waals surface area contributed by atoms with E-state index in [4.69, 9.17) is 9.47 Å². The maximum absolute atomic E-state index is 13.4. The summed E-state index contributed by atoms with van der Waals surface area (Å²) in [7, 11) is 1.29. The first-order chi connectivity index (χ1) is 13.3. The van der Waals surface area contributed by atoms with Crippen LogP contribution in [0.4, 0.5) is 0 Å². The lowest BCUT2D eigenvalue weighted by molar-refractivity contribution is -0.151. The lowest BCUT2D eigenvalue weighted by Gasteiger charge is -2.37. The summed E-state index contributed by atoms with van der Waals surface area (Å²) in [6, 6.07) is 3.90. The predicted octanol–water partition coefficient (Wildman–Crippen LogP) is 3.23. The van der Waals surface area contributed by atoms with Crippen molar-refractivity contribution in [1.82, 2.24) is 5.32 Å². The van der Waals surface area contributed by atoms with Crippen LogP contribution in [-0.4, -0.2) is 31.4 Å². The summed E-state index contributed by atoms with van der Waals surface area (Å²) in [4.78, 5) is 40.5. The van der Waals surface area contributed by atoms with Crippen molar-refractivity contribution in [3.63, 3.8) is 0 Å². The smallest absolute Gasteiger partial charge is 0.336 e. The third-order valence-corrected chi connectivity index (χ3v) is 6.35. The van der Waals surface area contributed by atoms with Gasteiger partial charge in [-0.3, -0.25) is 9.59 Å². The number of ether oxygens (including phenoxy) is 2. The average molecular weight is 404 g/mol. The maximum Gasteiger partial charge on any atom is 0.336 e. The Morgan fingerprint density at radius 2 is 2.00 bits per heavy atom. The Hall–Kier alpha value is -2.41. The van der Waals surface area contributed by atoms with Crippen LogP contribution in [0.5, 0.6) is 0 Å². The molecule has 150 valence electrons. The number of Topliss-reactive ketones (excluding diaryl/α,β-unsaturated/α-hetero) is 1. The van der Waals surface area contributed by atoms with E-state index in [9.17, 15) is 14.4 Å². The molecule has 1 aromatic heterocycles. The van der Waals surface area contributed by atoms with Crippen molar-refractivity contribution in [3.05, 3.63) is 44.4 Å². The number of aryl methyl sites for hydroxylation is 1. The Morgan fingerprint density at radius 1 is 1.29 bits per heavy atom. The van der Waals surface area contributed by atoms with Crippen LogP contribution in [0.1, 0.15) is 42.9 Å². The molecule has 1 aliphatic carbocycles. The lowest BCUT2D eigenvalue weighted by atomic mass is 9.70. The predicted molar refractivity (Wildman–Crippen MR) is 106 cm³/mol. The molecular formula is C21H25NO5S. The Morgan fingerprint density at radius 3 is 2.57 bits per heavy atom. The number of dihydropyridines is 1. The normalized spacial score (nSPS) is 24.6. The van der Waals surface area contributed by atoms with E-state index in [1.54, 1.807) is 6.92 Å². The van der Waals surface area contributed by atoms with E-state index in [1.807, 2.05) is 32.9 Å². The summed E-state index contributed by atoms with van der Waals surface area (Å²) in [5.41, 5.74) is 2.36. The highest BCUT2D eigenvalue weighted by atomic mass is 32.1. The molecule has 28 heavy (non-hydrogen) atoms. The summed E-state index contributed by atoms with van der Waals surface area (Å²) >= 11 is 1.54. The van der Waals surface area contributed by atoms with E-state index >= 15 is 0 Å². The highest BCUT2D eigenvalue weighted by molar-refractivity contribution is 7.12. The molecule has 0 saturated heterocycles. The molecule has 0 bridgehead atoms. The molecule has 1 N–H and O–H groups in total.